The van der Waals surface area contributed by atoms with E-state index < -0.39 is 17.5 Å². The molecule has 1 heterocycles. The number of hydrogen-bond acceptors (Lipinski definition) is 5. The number of hydrogen-bond donors (Lipinski definition) is 1. The molecule has 160 valence electrons. The number of ether oxygens (including phenoxy) is 2. The van der Waals surface area contributed by atoms with Crippen molar-refractivity contribution in [1.29, 1.82) is 0 Å². The number of carbonyl (C=O) groups excluding carboxylic acids is 3. The van der Waals surface area contributed by atoms with Crippen LogP contribution in [0.15, 0.2) is 12.1 Å². The van der Waals surface area contributed by atoms with E-state index in [0.717, 1.165) is 11.1 Å². The summed E-state index contributed by atoms with van der Waals surface area (Å²) in [4.78, 5) is 38.1. The standard InChI is InChI=1S/C21H29ClN2O5/c1-13-10-14(2)18(16(22)11-13)23-17(25)12-28-19(26)15-6-8-24(9-7-15)20(27)29-21(3,4)5/h10-11,15H,6-9,12H2,1-5H3,(H,23,25). The summed E-state index contributed by atoms with van der Waals surface area (Å²) < 4.78 is 10.5. The molecule has 0 aliphatic carbocycles. The second-order valence-electron chi connectivity index (χ2n) is 8.34. The van der Waals surface area contributed by atoms with Crippen LogP contribution in [0.5, 0.6) is 0 Å². The van der Waals surface area contributed by atoms with E-state index in [9.17, 15) is 14.4 Å². The third kappa shape index (κ3) is 6.92. The van der Waals surface area contributed by atoms with E-state index in [0.29, 0.717) is 36.6 Å². The summed E-state index contributed by atoms with van der Waals surface area (Å²) in [6.07, 6.45) is 0.569. The van der Waals surface area contributed by atoms with Crippen molar-refractivity contribution in [2.24, 2.45) is 5.92 Å². The summed E-state index contributed by atoms with van der Waals surface area (Å²) in [5, 5.41) is 3.13. The summed E-state index contributed by atoms with van der Waals surface area (Å²) in [5.74, 6) is -1.22. The van der Waals surface area contributed by atoms with Crippen molar-refractivity contribution < 1.29 is 23.9 Å². The van der Waals surface area contributed by atoms with Gasteiger partial charge in [0.15, 0.2) is 6.61 Å². The smallest absolute Gasteiger partial charge is 0.410 e. The Bertz CT molecular complexity index is 757. The van der Waals surface area contributed by atoms with Crippen molar-refractivity contribution in [1.82, 2.24) is 4.90 Å². The Morgan fingerprint density at radius 3 is 2.34 bits per heavy atom. The molecule has 1 N–H and O–H groups in total. The first-order valence-corrected chi connectivity index (χ1v) is 10.0. The first-order valence-electron chi connectivity index (χ1n) is 9.67. The zero-order valence-corrected chi connectivity index (χ0v) is 18.4. The molecule has 1 aromatic rings. The first-order chi connectivity index (χ1) is 13.5. The lowest BCUT2D eigenvalue weighted by Gasteiger charge is -2.32. The van der Waals surface area contributed by atoms with Crippen LogP contribution in [0.3, 0.4) is 0 Å². The van der Waals surface area contributed by atoms with Gasteiger partial charge in [-0.25, -0.2) is 4.79 Å². The van der Waals surface area contributed by atoms with E-state index in [-0.39, 0.29) is 18.6 Å². The number of nitrogens with zero attached hydrogens (tertiary/aromatic N) is 1. The first kappa shape index (κ1) is 23.0. The molecule has 2 rings (SSSR count). The van der Waals surface area contributed by atoms with Gasteiger partial charge in [0, 0.05) is 13.1 Å². The number of nitrogens with one attached hydrogen (secondary N) is 1. The van der Waals surface area contributed by atoms with E-state index in [2.05, 4.69) is 5.32 Å². The van der Waals surface area contributed by atoms with Crippen LogP contribution in [0.4, 0.5) is 10.5 Å². The van der Waals surface area contributed by atoms with Crippen molar-refractivity contribution in [2.45, 2.75) is 53.1 Å². The van der Waals surface area contributed by atoms with Crippen LogP contribution < -0.4 is 5.32 Å². The summed E-state index contributed by atoms with van der Waals surface area (Å²) in [6.45, 7) is 9.65. The Balaban J connectivity index is 1.79. The second kappa shape index (κ2) is 9.48. The topological polar surface area (TPSA) is 84.9 Å². The maximum atomic E-state index is 12.3. The molecule has 1 aliphatic heterocycles. The minimum absolute atomic E-state index is 0.341. The predicted molar refractivity (Wildman–Crippen MR) is 111 cm³/mol. The van der Waals surface area contributed by atoms with Gasteiger partial charge in [0.1, 0.15) is 5.60 Å². The Morgan fingerprint density at radius 1 is 1.17 bits per heavy atom. The Morgan fingerprint density at radius 2 is 1.79 bits per heavy atom. The molecule has 2 amide bonds. The number of carbonyl (C=O) groups is 3. The number of anilines is 1. The highest BCUT2D eigenvalue weighted by molar-refractivity contribution is 6.34. The number of benzene rings is 1. The van der Waals surface area contributed by atoms with Crippen LogP contribution in [0.25, 0.3) is 0 Å². The minimum atomic E-state index is -0.557. The summed E-state index contributed by atoms with van der Waals surface area (Å²) in [5.41, 5.74) is 1.79. The average molecular weight is 425 g/mol. The third-order valence-corrected chi connectivity index (χ3v) is 4.82. The van der Waals surface area contributed by atoms with Crippen LogP contribution in [-0.2, 0) is 19.1 Å². The molecule has 0 bridgehead atoms. The molecule has 1 fully saturated rings. The zero-order chi connectivity index (χ0) is 21.8. The van der Waals surface area contributed by atoms with Gasteiger partial charge < -0.3 is 19.7 Å². The zero-order valence-electron chi connectivity index (χ0n) is 17.6. The van der Waals surface area contributed by atoms with E-state index in [1.54, 1.807) is 11.0 Å². The van der Waals surface area contributed by atoms with Gasteiger partial charge in [-0.15, -0.1) is 0 Å². The van der Waals surface area contributed by atoms with E-state index in [4.69, 9.17) is 21.1 Å². The van der Waals surface area contributed by atoms with Crippen LogP contribution in [0, 0.1) is 19.8 Å². The highest BCUT2D eigenvalue weighted by Crippen LogP contribution is 2.27. The molecule has 0 radical (unpaired) electrons. The molecular weight excluding hydrogens is 396 g/mol. The highest BCUT2D eigenvalue weighted by atomic mass is 35.5. The number of aryl methyl sites for hydroxylation is 2. The van der Waals surface area contributed by atoms with Gasteiger partial charge in [-0.05, 0) is 64.7 Å². The molecule has 29 heavy (non-hydrogen) atoms. The van der Waals surface area contributed by atoms with E-state index >= 15 is 0 Å². The molecular formula is C21H29ClN2O5. The summed E-state index contributed by atoms with van der Waals surface area (Å²) >= 11 is 6.18. The van der Waals surface area contributed by atoms with Crippen molar-refractivity contribution in [3.05, 3.63) is 28.3 Å². The quantitative estimate of drug-likeness (QED) is 0.736. The fourth-order valence-electron chi connectivity index (χ4n) is 3.13. The molecule has 0 spiro atoms. The van der Waals surface area contributed by atoms with E-state index in [1.165, 1.54) is 0 Å². The number of halogens is 1. The number of esters is 1. The van der Waals surface area contributed by atoms with Gasteiger partial charge in [0.25, 0.3) is 5.91 Å². The molecule has 1 aromatic carbocycles. The number of piperidine rings is 1. The largest absolute Gasteiger partial charge is 0.455 e. The molecule has 1 saturated heterocycles. The van der Waals surface area contributed by atoms with Crippen LogP contribution in [0.1, 0.15) is 44.7 Å². The Kier molecular flexibility index (Phi) is 7.52. The summed E-state index contributed by atoms with van der Waals surface area (Å²) in [7, 11) is 0. The lowest BCUT2D eigenvalue weighted by atomic mass is 9.97. The molecule has 0 aromatic heterocycles. The van der Waals surface area contributed by atoms with Gasteiger partial charge in [-0.2, -0.15) is 0 Å². The predicted octanol–water partition coefficient (Wildman–Crippen LogP) is 4.09. The highest BCUT2D eigenvalue weighted by Gasteiger charge is 2.31. The Labute approximate surface area is 176 Å². The minimum Gasteiger partial charge on any atom is -0.455 e. The van der Waals surface area contributed by atoms with Crippen molar-refractivity contribution >= 4 is 35.3 Å². The normalized spacial score (nSPS) is 15.0. The van der Waals surface area contributed by atoms with Crippen LogP contribution >= 0.6 is 11.6 Å². The Hall–Kier alpha value is -2.28. The fraction of sp³-hybridized carbons (Fsp3) is 0.571. The monoisotopic (exact) mass is 424 g/mol. The van der Waals surface area contributed by atoms with Crippen molar-refractivity contribution in [2.75, 3.05) is 25.0 Å². The molecule has 0 atom stereocenters. The third-order valence-electron chi connectivity index (χ3n) is 4.52. The van der Waals surface area contributed by atoms with Gasteiger partial charge in [0.05, 0.1) is 16.6 Å². The molecule has 1 aliphatic rings. The number of likely N-dealkylation sites (tertiary alicyclic amines) is 1. The molecule has 0 unspecified atom stereocenters. The van der Waals surface area contributed by atoms with Crippen molar-refractivity contribution in [3.63, 3.8) is 0 Å². The van der Waals surface area contributed by atoms with Crippen LogP contribution in [0.2, 0.25) is 5.02 Å². The molecule has 7 nitrogen and oxygen atoms in total. The maximum Gasteiger partial charge on any atom is 0.410 e. The number of amides is 2. The van der Waals surface area contributed by atoms with Gasteiger partial charge >= 0.3 is 12.1 Å². The van der Waals surface area contributed by atoms with E-state index in [1.807, 2.05) is 40.7 Å². The number of rotatable bonds is 4. The van der Waals surface area contributed by atoms with Gasteiger partial charge in [-0.1, -0.05) is 17.7 Å². The van der Waals surface area contributed by atoms with Gasteiger partial charge in [0.2, 0.25) is 0 Å². The molecule has 8 heteroatoms. The SMILES string of the molecule is Cc1cc(C)c(NC(=O)COC(=O)C2CCN(C(=O)OC(C)(C)C)CC2)c(Cl)c1. The average Bonchev–Trinajstić information content (AvgIpc) is 2.61. The summed E-state index contributed by atoms with van der Waals surface area (Å²) in [6, 6.07) is 3.67. The fourth-order valence-corrected chi connectivity index (χ4v) is 3.50. The second-order valence-corrected chi connectivity index (χ2v) is 8.74. The van der Waals surface area contributed by atoms with Crippen LogP contribution in [-0.4, -0.2) is 48.2 Å². The molecule has 0 saturated carbocycles. The lowest BCUT2D eigenvalue weighted by Crippen LogP contribution is -2.43. The maximum absolute atomic E-state index is 12.3. The lowest BCUT2D eigenvalue weighted by molar-refractivity contribution is -0.153. The van der Waals surface area contributed by atoms with Gasteiger partial charge in [-0.3, -0.25) is 9.59 Å². The van der Waals surface area contributed by atoms with Crippen molar-refractivity contribution in [3.8, 4) is 0 Å².